The number of benzene rings is 1. The van der Waals surface area contributed by atoms with Gasteiger partial charge in [0.2, 0.25) is 5.88 Å². The quantitative estimate of drug-likeness (QED) is 0.882. The van der Waals surface area contributed by atoms with Crippen LogP contribution in [0.25, 0.3) is 0 Å². The highest BCUT2D eigenvalue weighted by atomic mass is 35.5. The first-order chi connectivity index (χ1) is 7.78. The number of anilines is 1. The third-order valence-corrected chi connectivity index (χ3v) is 2.23. The fourth-order valence-electron chi connectivity index (χ4n) is 1.26. The maximum absolute atomic E-state index is 5.86. The molecule has 1 heterocycles. The summed E-state index contributed by atoms with van der Waals surface area (Å²) in [6.45, 7) is 0. The smallest absolute Gasteiger partial charge is 0.221 e. The Morgan fingerprint density at radius 1 is 1.19 bits per heavy atom. The summed E-state index contributed by atoms with van der Waals surface area (Å²) in [6, 6.07) is 12.7. The molecule has 1 N–H and O–H groups in total. The van der Waals surface area contributed by atoms with E-state index in [-0.39, 0.29) is 0 Å². The lowest BCUT2D eigenvalue weighted by Crippen LogP contribution is -1.93. The molecule has 0 aliphatic rings. The summed E-state index contributed by atoms with van der Waals surface area (Å²) >= 11 is 5.86. The maximum Gasteiger partial charge on any atom is 0.221 e. The summed E-state index contributed by atoms with van der Waals surface area (Å²) < 4.78 is 5.57. The Hall–Kier alpha value is -1.74. The minimum Gasteiger partial charge on any atom is -0.439 e. The lowest BCUT2D eigenvalue weighted by Gasteiger charge is -2.06. The van der Waals surface area contributed by atoms with E-state index in [0.29, 0.717) is 16.7 Å². The van der Waals surface area contributed by atoms with E-state index in [0.717, 1.165) is 5.82 Å². The average molecular weight is 235 g/mol. The van der Waals surface area contributed by atoms with E-state index in [2.05, 4.69) is 10.3 Å². The standard InChI is InChI=1S/C12H11ClN2O/c1-14-11-6-3-7-12(15-11)16-10-5-2-4-9(13)8-10/h2-8H,1H3,(H,14,15). The lowest BCUT2D eigenvalue weighted by atomic mass is 10.3. The number of hydrogen-bond acceptors (Lipinski definition) is 3. The molecule has 0 atom stereocenters. The van der Waals surface area contributed by atoms with Crippen LogP contribution in [-0.2, 0) is 0 Å². The van der Waals surface area contributed by atoms with Crippen LogP contribution in [-0.4, -0.2) is 12.0 Å². The summed E-state index contributed by atoms with van der Waals surface area (Å²) in [4.78, 5) is 4.24. The van der Waals surface area contributed by atoms with Gasteiger partial charge in [-0.25, -0.2) is 0 Å². The molecule has 0 bridgehead atoms. The summed E-state index contributed by atoms with van der Waals surface area (Å²) in [6.07, 6.45) is 0. The molecule has 0 amide bonds. The number of pyridine rings is 1. The molecule has 0 aliphatic heterocycles. The predicted molar refractivity (Wildman–Crippen MR) is 65.3 cm³/mol. The molecule has 0 unspecified atom stereocenters. The van der Waals surface area contributed by atoms with E-state index >= 15 is 0 Å². The van der Waals surface area contributed by atoms with Gasteiger partial charge in [0.05, 0.1) is 0 Å². The first-order valence-electron chi connectivity index (χ1n) is 4.86. The number of aromatic nitrogens is 1. The normalized spacial score (nSPS) is 9.88. The van der Waals surface area contributed by atoms with E-state index in [1.807, 2.05) is 31.3 Å². The molecule has 0 saturated heterocycles. The molecular formula is C12H11ClN2O. The van der Waals surface area contributed by atoms with Crippen molar-refractivity contribution in [2.75, 3.05) is 12.4 Å². The van der Waals surface area contributed by atoms with Gasteiger partial charge in [-0.15, -0.1) is 0 Å². The summed E-state index contributed by atoms with van der Waals surface area (Å²) in [7, 11) is 1.81. The molecule has 82 valence electrons. The maximum atomic E-state index is 5.86. The fourth-order valence-corrected chi connectivity index (χ4v) is 1.44. The van der Waals surface area contributed by atoms with Crippen LogP contribution >= 0.6 is 11.6 Å². The molecule has 3 nitrogen and oxygen atoms in total. The van der Waals surface area contributed by atoms with E-state index in [1.54, 1.807) is 18.2 Å². The van der Waals surface area contributed by atoms with E-state index < -0.39 is 0 Å². The van der Waals surface area contributed by atoms with Gasteiger partial charge in [0.25, 0.3) is 0 Å². The van der Waals surface area contributed by atoms with Crippen LogP contribution in [0.1, 0.15) is 0 Å². The third-order valence-electron chi connectivity index (χ3n) is 2.00. The second-order valence-electron chi connectivity index (χ2n) is 3.17. The number of nitrogens with one attached hydrogen (secondary N) is 1. The van der Waals surface area contributed by atoms with Crippen LogP contribution in [0.4, 0.5) is 5.82 Å². The van der Waals surface area contributed by atoms with Gasteiger partial charge < -0.3 is 10.1 Å². The number of nitrogens with zero attached hydrogens (tertiary/aromatic N) is 1. The molecule has 16 heavy (non-hydrogen) atoms. The van der Waals surface area contributed by atoms with Crippen molar-refractivity contribution >= 4 is 17.4 Å². The third kappa shape index (κ3) is 2.64. The fraction of sp³-hybridized carbons (Fsp3) is 0.0833. The minimum absolute atomic E-state index is 0.536. The van der Waals surface area contributed by atoms with Gasteiger partial charge in [0, 0.05) is 18.1 Å². The van der Waals surface area contributed by atoms with Gasteiger partial charge in [-0.3, -0.25) is 0 Å². The van der Waals surface area contributed by atoms with Crippen LogP contribution in [0, 0.1) is 0 Å². The molecular weight excluding hydrogens is 224 g/mol. The van der Waals surface area contributed by atoms with Gasteiger partial charge in [0.15, 0.2) is 0 Å². The van der Waals surface area contributed by atoms with Crippen LogP contribution in [0.15, 0.2) is 42.5 Å². The molecule has 2 aromatic rings. The van der Waals surface area contributed by atoms with Gasteiger partial charge in [-0.1, -0.05) is 23.7 Å². The van der Waals surface area contributed by atoms with Crippen molar-refractivity contribution < 1.29 is 4.74 Å². The number of ether oxygens (including phenoxy) is 1. The van der Waals surface area contributed by atoms with Crippen molar-refractivity contribution in [2.45, 2.75) is 0 Å². The topological polar surface area (TPSA) is 34.1 Å². The molecule has 1 aromatic heterocycles. The SMILES string of the molecule is CNc1cccc(Oc2cccc(Cl)c2)n1. The average Bonchev–Trinajstić information content (AvgIpc) is 2.29. The van der Waals surface area contributed by atoms with Gasteiger partial charge in [-0.05, 0) is 24.3 Å². The van der Waals surface area contributed by atoms with Crippen LogP contribution in [0.3, 0.4) is 0 Å². The van der Waals surface area contributed by atoms with Crippen molar-refractivity contribution in [2.24, 2.45) is 0 Å². The van der Waals surface area contributed by atoms with Crippen molar-refractivity contribution in [1.82, 2.24) is 4.98 Å². The number of rotatable bonds is 3. The summed E-state index contributed by atoms with van der Waals surface area (Å²) in [5.41, 5.74) is 0. The Morgan fingerprint density at radius 2 is 2.00 bits per heavy atom. The largest absolute Gasteiger partial charge is 0.439 e. The van der Waals surface area contributed by atoms with Crippen LogP contribution in [0.5, 0.6) is 11.6 Å². The molecule has 0 spiro atoms. The van der Waals surface area contributed by atoms with Crippen molar-refractivity contribution in [3.63, 3.8) is 0 Å². The molecule has 0 aliphatic carbocycles. The Bertz CT molecular complexity index is 488. The minimum atomic E-state index is 0.536. The second kappa shape index (κ2) is 4.86. The zero-order valence-corrected chi connectivity index (χ0v) is 9.53. The molecule has 0 saturated carbocycles. The Morgan fingerprint density at radius 3 is 2.75 bits per heavy atom. The zero-order chi connectivity index (χ0) is 11.4. The zero-order valence-electron chi connectivity index (χ0n) is 8.77. The lowest BCUT2D eigenvalue weighted by molar-refractivity contribution is 0.464. The van der Waals surface area contributed by atoms with Crippen molar-refractivity contribution in [3.8, 4) is 11.6 Å². The van der Waals surface area contributed by atoms with Crippen LogP contribution < -0.4 is 10.1 Å². The predicted octanol–water partition coefficient (Wildman–Crippen LogP) is 3.57. The number of halogens is 1. The second-order valence-corrected chi connectivity index (χ2v) is 3.61. The first kappa shape index (κ1) is 10.8. The molecule has 1 aromatic carbocycles. The van der Waals surface area contributed by atoms with Gasteiger partial charge in [-0.2, -0.15) is 4.98 Å². The molecule has 4 heteroatoms. The van der Waals surface area contributed by atoms with Crippen molar-refractivity contribution in [1.29, 1.82) is 0 Å². The van der Waals surface area contributed by atoms with E-state index in [9.17, 15) is 0 Å². The van der Waals surface area contributed by atoms with E-state index in [4.69, 9.17) is 16.3 Å². The summed E-state index contributed by atoms with van der Waals surface area (Å²) in [5, 5.41) is 3.59. The number of hydrogen-bond donors (Lipinski definition) is 1. The highest BCUT2D eigenvalue weighted by Crippen LogP contribution is 2.23. The summed E-state index contributed by atoms with van der Waals surface area (Å²) in [5.74, 6) is 1.97. The molecule has 2 rings (SSSR count). The van der Waals surface area contributed by atoms with E-state index in [1.165, 1.54) is 0 Å². The first-order valence-corrected chi connectivity index (χ1v) is 5.24. The Kier molecular flexibility index (Phi) is 3.27. The Balaban J connectivity index is 2.20. The highest BCUT2D eigenvalue weighted by molar-refractivity contribution is 6.30. The molecule has 0 fully saturated rings. The van der Waals surface area contributed by atoms with Gasteiger partial charge >= 0.3 is 0 Å². The monoisotopic (exact) mass is 234 g/mol. The van der Waals surface area contributed by atoms with Gasteiger partial charge in [0.1, 0.15) is 11.6 Å². The Labute approximate surface area is 99.0 Å². The highest BCUT2D eigenvalue weighted by Gasteiger charge is 2.00. The van der Waals surface area contributed by atoms with Crippen molar-refractivity contribution in [3.05, 3.63) is 47.5 Å². The van der Waals surface area contributed by atoms with Crippen LogP contribution in [0.2, 0.25) is 5.02 Å². The molecule has 0 radical (unpaired) electrons.